The average Bonchev–Trinajstić information content (AvgIpc) is 3.02. The van der Waals surface area contributed by atoms with Gasteiger partial charge >= 0.3 is 0 Å². The summed E-state index contributed by atoms with van der Waals surface area (Å²) in [5.41, 5.74) is 7.00. The molecule has 9 heteroatoms. The van der Waals surface area contributed by atoms with E-state index < -0.39 is 10.0 Å². The van der Waals surface area contributed by atoms with Crippen LogP contribution in [0.4, 0.5) is 22.3 Å². The van der Waals surface area contributed by atoms with Crippen LogP contribution in [0.25, 0.3) is 0 Å². The molecule has 4 N–H and O–H groups in total. The molecule has 0 fully saturated rings. The Kier molecular flexibility index (Phi) is 4.13. The molecule has 1 aromatic carbocycles. The van der Waals surface area contributed by atoms with E-state index in [9.17, 15) is 8.42 Å². The second-order valence-corrected chi connectivity index (χ2v) is 7.11. The van der Waals surface area contributed by atoms with E-state index in [4.69, 9.17) is 5.73 Å². The molecule has 2 heterocycles. The van der Waals surface area contributed by atoms with E-state index in [1.165, 1.54) is 29.7 Å². The Morgan fingerprint density at radius 2 is 1.83 bits per heavy atom. The molecule has 0 saturated heterocycles. The first kappa shape index (κ1) is 15.3. The Labute approximate surface area is 137 Å². The number of nitrogens with one attached hydrogen (secondary N) is 2. The maximum atomic E-state index is 12.2. The van der Waals surface area contributed by atoms with Crippen LogP contribution in [-0.4, -0.2) is 18.4 Å². The van der Waals surface area contributed by atoms with Gasteiger partial charge in [0.15, 0.2) is 10.9 Å². The quantitative estimate of drug-likeness (QED) is 0.654. The number of nitrogens with zero attached hydrogens (tertiary/aromatic N) is 2. The van der Waals surface area contributed by atoms with E-state index >= 15 is 0 Å². The number of pyridine rings is 1. The van der Waals surface area contributed by atoms with Crippen molar-refractivity contribution < 1.29 is 8.42 Å². The summed E-state index contributed by atoms with van der Waals surface area (Å²) in [5, 5.41) is 5.06. The lowest BCUT2D eigenvalue weighted by Crippen LogP contribution is -2.12. The van der Waals surface area contributed by atoms with E-state index in [1.54, 1.807) is 35.8 Å². The molecular formula is C14H13N5O2S2. The van der Waals surface area contributed by atoms with Crippen LogP contribution >= 0.6 is 11.3 Å². The number of anilines is 4. The molecule has 23 heavy (non-hydrogen) atoms. The molecule has 0 aliphatic heterocycles. The molecule has 0 radical (unpaired) electrons. The maximum Gasteiger partial charge on any atom is 0.263 e. The van der Waals surface area contributed by atoms with Crippen molar-refractivity contribution in [2.75, 3.05) is 15.8 Å². The van der Waals surface area contributed by atoms with Crippen LogP contribution in [0.3, 0.4) is 0 Å². The molecule has 0 bridgehead atoms. The number of sulfonamides is 1. The third-order valence-corrected chi connectivity index (χ3v) is 5.09. The maximum absolute atomic E-state index is 12.2. The molecule has 2 aromatic heterocycles. The molecular weight excluding hydrogens is 334 g/mol. The highest BCUT2D eigenvalue weighted by molar-refractivity contribution is 7.93. The lowest BCUT2D eigenvalue weighted by Gasteiger charge is -2.09. The summed E-state index contributed by atoms with van der Waals surface area (Å²) in [7, 11) is -3.65. The van der Waals surface area contributed by atoms with Gasteiger partial charge in [-0.2, -0.15) is 0 Å². The summed E-state index contributed by atoms with van der Waals surface area (Å²) in [5.74, 6) is 0.518. The molecule has 7 nitrogen and oxygen atoms in total. The van der Waals surface area contributed by atoms with Crippen LogP contribution in [0.1, 0.15) is 0 Å². The fourth-order valence-corrected chi connectivity index (χ4v) is 3.61. The van der Waals surface area contributed by atoms with Gasteiger partial charge in [0.25, 0.3) is 10.0 Å². The number of nitrogens with two attached hydrogens (primary N) is 1. The van der Waals surface area contributed by atoms with Gasteiger partial charge in [-0.25, -0.2) is 18.4 Å². The summed E-state index contributed by atoms with van der Waals surface area (Å²) in [6.45, 7) is 0. The number of rotatable bonds is 5. The zero-order chi connectivity index (χ0) is 16.3. The second kappa shape index (κ2) is 6.23. The van der Waals surface area contributed by atoms with Crippen molar-refractivity contribution in [2.24, 2.45) is 0 Å². The monoisotopic (exact) mass is 347 g/mol. The van der Waals surface area contributed by atoms with Crippen molar-refractivity contribution in [2.45, 2.75) is 4.90 Å². The van der Waals surface area contributed by atoms with Gasteiger partial charge in [0.1, 0.15) is 0 Å². The SMILES string of the molecule is Nc1cccnc1Nc1ccc(S(=O)(=O)Nc2nccs2)cc1. The number of hydrogen-bond acceptors (Lipinski definition) is 7. The molecule has 0 atom stereocenters. The Morgan fingerprint density at radius 1 is 1.04 bits per heavy atom. The van der Waals surface area contributed by atoms with Gasteiger partial charge in [0.2, 0.25) is 0 Å². The Balaban J connectivity index is 1.78. The van der Waals surface area contributed by atoms with E-state index in [2.05, 4.69) is 20.0 Å². The van der Waals surface area contributed by atoms with Crippen LogP contribution in [0.2, 0.25) is 0 Å². The number of nitrogen functional groups attached to an aromatic ring is 1. The lowest BCUT2D eigenvalue weighted by atomic mass is 10.3. The highest BCUT2D eigenvalue weighted by Gasteiger charge is 2.15. The van der Waals surface area contributed by atoms with E-state index in [0.717, 1.165) is 0 Å². The molecule has 3 rings (SSSR count). The molecule has 0 spiro atoms. The lowest BCUT2D eigenvalue weighted by molar-refractivity contribution is 0.601. The summed E-state index contributed by atoms with van der Waals surface area (Å²) < 4.78 is 26.9. The number of hydrogen-bond donors (Lipinski definition) is 3. The standard InChI is InChI=1S/C14H13N5O2S2/c15-12-2-1-7-16-13(12)18-10-3-5-11(6-4-10)23(20,21)19-14-17-8-9-22-14/h1-9H,15H2,(H,16,18)(H,17,19). The Bertz CT molecular complexity index is 893. The molecule has 118 valence electrons. The topological polar surface area (TPSA) is 110 Å². The molecule has 0 saturated carbocycles. The van der Waals surface area contributed by atoms with Crippen molar-refractivity contribution in [3.05, 3.63) is 54.2 Å². The number of aromatic nitrogens is 2. The second-order valence-electron chi connectivity index (χ2n) is 4.53. The van der Waals surface area contributed by atoms with Gasteiger partial charge in [0, 0.05) is 23.5 Å². The van der Waals surface area contributed by atoms with Crippen LogP contribution in [0.15, 0.2) is 59.1 Å². The van der Waals surface area contributed by atoms with Crippen LogP contribution < -0.4 is 15.8 Å². The zero-order valence-electron chi connectivity index (χ0n) is 11.8. The minimum Gasteiger partial charge on any atom is -0.396 e. The van der Waals surface area contributed by atoms with Gasteiger partial charge in [0.05, 0.1) is 10.6 Å². The van der Waals surface area contributed by atoms with Gasteiger partial charge in [-0.3, -0.25) is 4.72 Å². The fourth-order valence-electron chi connectivity index (χ4n) is 1.82. The zero-order valence-corrected chi connectivity index (χ0v) is 13.4. The highest BCUT2D eigenvalue weighted by Crippen LogP contribution is 2.23. The molecule has 3 aromatic rings. The summed E-state index contributed by atoms with van der Waals surface area (Å²) in [6.07, 6.45) is 3.16. The third-order valence-electron chi connectivity index (χ3n) is 2.92. The third kappa shape index (κ3) is 3.58. The van der Waals surface area contributed by atoms with E-state index in [1.807, 2.05) is 0 Å². The molecule has 0 aliphatic rings. The predicted octanol–water partition coefficient (Wildman–Crippen LogP) is 2.66. The number of benzene rings is 1. The number of thiazole rings is 1. The highest BCUT2D eigenvalue weighted by atomic mass is 32.2. The van der Waals surface area contributed by atoms with Gasteiger partial charge in [-0.1, -0.05) is 0 Å². The summed E-state index contributed by atoms with van der Waals surface area (Å²) >= 11 is 1.22. The largest absolute Gasteiger partial charge is 0.396 e. The van der Waals surface area contributed by atoms with Crippen molar-refractivity contribution in [1.82, 2.24) is 9.97 Å². The predicted molar refractivity (Wildman–Crippen MR) is 91.3 cm³/mol. The summed E-state index contributed by atoms with van der Waals surface area (Å²) in [6, 6.07) is 9.75. The first-order chi connectivity index (χ1) is 11.0. The fraction of sp³-hybridized carbons (Fsp3) is 0. The van der Waals surface area contributed by atoms with E-state index in [0.29, 0.717) is 22.3 Å². The molecule has 0 aliphatic carbocycles. The van der Waals surface area contributed by atoms with Gasteiger partial charge < -0.3 is 11.1 Å². The average molecular weight is 347 g/mol. The van der Waals surface area contributed by atoms with Gasteiger partial charge in [-0.15, -0.1) is 11.3 Å². The van der Waals surface area contributed by atoms with Crippen molar-refractivity contribution in [1.29, 1.82) is 0 Å². The van der Waals surface area contributed by atoms with Gasteiger partial charge in [-0.05, 0) is 36.4 Å². The van der Waals surface area contributed by atoms with Crippen molar-refractivity contribution in [3.63, 3.8) is 0 Å². The Morgan fingerprint density at radius 3 is 2.48 bits per heavy atom. The minimum atomic E-state index is -3.65. The van der Waals surface area contributed by atoms with Crippen molar-refractivity contribution in [3.8, 4) is 0 Å². The van der Waals surface area contributed by atoms with Crippen LogP contribution in [-0.2, 0) is 10.0 Å². The van der Waals surface area contributed by atoms with Crippen LogP contribution in [0.5, 0.6) is 0 Å². The van der Waals surface area contributed by atoms with Crippen molar-refractivity contribution >= 4 is 43.7 Å². The summed E-state index contributed by atoms with van der Waals surface area (Å²) in [4.78, 5) is 8.17. The van der Waals surface area contributed by atoms with Crippen LogP contribution in [0, 0.1) is 0 Å². The minimum absolute atomic E-state index is 0.146. The van der Waals surface area contributed by atoms with E-state index in [-0.39, 0.29) is 4.90 Å². The molecule has 0 amide bonds. The normalized spacial score (nSPS) is 11.1. The Hall–Kier alpha value is -2.65. The first-order valence-electron chi connectivity index (χ1n) is 6.54. The first-order valence-corrected chi connectivity index (χ1v) is 8.91. The smallest absolute Gasteiger partial charge is 0.263 e. The molecule has 0 unspecified atom stereocenters.